The lowest BCUT2D eigenvalue weighted by molar-refractivity contribution is -0.151. The van der Waals surface area contributed by atoms with E-state index in [1.165, 1.54) is 0 Å². The fraction of sp³-hybridized carbons (Fsp3) is 0.909. The van der Waals surface area contributed by atoms with E-state index < -0.39 is 11.4 Å². The number of hydrogen-bond acceptors (Lipinski definition) is 3. The van der Waals surface area contributed by atoms with Crippen LogP contribution in [0.15, 0.2) is 0 Å². The predicted molar refractivity (Wildman–Crippen MR) is 57.9 cm³/mol. The number of carboxylic acid groups (broad SMARTS) is 1. The molecule has 0 saturated carbocycles. The molecule has 0 aromatic carbocycles. The van der Waals surface area contributed by atoms with Gasteiger partial charge >= 0.3 is 5.97 Å². The Hall–Kier alpha value is -0.610. The zero-order valence-electron chi connectivity index (χ0n) is 9.82. The van der Waals surface area contributed by atoms with Gasteiger partial charge < -0.3 is 9.84 Å². The molecule has 0 radical (unpaired) electrons. The first-order valence-corrected chi connectivity index (χ1v) is 5.46. The molecule has 0 amide bonds. The second kappa shape index (κ2) is 4.94. The van der Waals surface area contributed by atoms with E-state index in [1.807, 2.05) is 6.92 Å². The summed E-state index contributed by atoms with van der Waals surface area (Å²) >= 11 is 0. The van der Waals surface area contributed by atoms with Crippen LogP contribution in [0.4, 0.5) is 0 Å². The van der Waals surface area contributed by atoms with Crippen LogP contribution in [0.1, 0.15) is 26.7 Å². The highest BCUT2D eigenvalue weighted by Crippen LogP contribution is 2.31. The van der Waals surface area contributed by atoms with E-state index in [4.69, 9.17) is 9.84 Å². The van der Waals surface area contributed by atoms with Gasteiger partial charge in [0.15, 0.2) is 0 Å². The van der Waals surface area contributed by atoms with Crippen molar-refractivity contribution in [1.29, 1.82) is 0 Å². The average molecular weight is 215 g/mol. The quantitative estimate of drug-likeness (QED) is 0.765. The molecule has 0 spiro atoms. The topological polar surface area (TPSA) is 49.8 Å². The molecular weight excluding hydrogens is 194 g/mol. The minimum atomic E-state index is -0.665. The zero-order chi connectivity index (χ0) is 11.5. The second-order valence-corrected chi connectivity index (χ2v) is 4.71. The first-order chi connectivity index (χ1) is 6.99. The van der Waals surface area contributed by atoms with Gasteiger partial charge in [-0.25, -0.2) is 0 Å². The third-order valence-electron chi connectivity index (χ3n) is 3.45. The molecule has 1 fully saturated rings. The molecule has 0 aromatic heterocycles. The monoisotopic (exact) mass is 215 g/mol. The number of likely N-dealkylation sites (tertiary alicyclic amines) is 1. The fourth-order valence-corrected chi connectivity index (χ4v) is 2.02. The number of rotatable bonds is 4. The maximum Gasteiger partial charge on any atom is 0.309 e. The Balaban J connectivity index is 2.45. The SMILES string of the molecule is COCC(C)N1CCC(C)(C(=O)O)CC1. The highest BCUT2D eigenvalue weighted by Gasteiger charge is 2.37. The molecule has 1 N–H and O–H groups in total. The smallest absolute Gasteiger partial charge is 0.309 e. The molecule has 88 valence electrons. The molecular formula is C11H21NO3. The Morgan fingerprint density at radius 2 is 2.07 bits per heavy atom. The van der Waals surface area contributed by atoms with Crippen molar-refractivity contribution in [2.24, 2.45) is 5.41 Å². The summed E-state index contributed by atoms with van der Waals surface area (Å²) in [7, 11) is 1.70. The van der Waals surface area contributed by atoms with E-state index in [1.54, 1.807) is 7.11 Å². The van der Waals surface area contributed by atoms with E-state index in [9.17, 15) is 4.79 Å². The van der Waals surface area contributed by atoms with Gasteiger partial charge in [0, 0.05) is 13.2 Å². The Labute approximate surface area is 91.2 Å². The van der Waals surface area contributed by atoms with Gasteiger partial charge in [0.1, 0.15) is 0 Å². The third-order valence-corrected chi connectivity index (χ3v) is 3.45. The maximum absolute atomic E-state index is 11.0. The third kappa shape index (κ3) is 2.92. The van der Waals surface area contributed by atoms with Crippen LogP contribution in [0, 0.1) is 5.41 Å². The van der Waals surface area contributed by atoms with E-state index in [-0.39, 0.29) is 0 Å². The molecule has 1 rings (SSSR count). The standard InChI is InChI=1S/C11H21NO3/c1-9(8-15-3)12-6-4-11(2,5-7-12)10(13)14/h9H,4-8H2,1-3H3,(H,13,14). The van der Waals surface area contributed by atoms with Gasteiger partial charge in [-0.3, -0.25) is 9.69 Å². The summed E-state index contributed by atoms with van der Waals surface area (Å²) < 4.78 is 5.10. The summed E-state index contributed by atoms with van der Waals surface area (Å²) in [5.41, 5.74) is -0.525. The Bertz CT molecular complexity index is 222. The molecule has 0 bridgehead atoms. The van der Waals surface area contributed by atoms with Gasteiger partial charge in [-0.15, -0.1) is 0 Å². The van der Waals surface area contributed by atoms with Crippen molar-refractivity contribution in [3.8, 4) is 0 Å². The van der Waals surface area contributed by atoms with Gasteiger partial charge in [0.25, 0.3) is 0 Å². The molecule has 1 atom stereocenters. The first kappa shape index (κ1) is 12.5. The lowest BCUT2D eigenvalue weighted by atomic mass is 9.80. The zero-order valence-corrected chi connectivity index (χ0v) is 9.82. The van der Waals surface area contributed by atoms with Crippen molar-refractivity contribution < 1.29 is 14.6 Å². The largest absolute Gasteiger partial charge is 0.481 e. The minimum Gasteiger partial charge on any atom is -0.481 e. The van der Waals surface area contributed by atoms with E-state index >= 15 is 0 Å². The summed E-state index contributed by atoms with van der Waals surface area (Å²) in [6.45, 7) is 6.38. The maximum atomic E-state index is 11.0. The molecule has 15 heavy (non-hydrogen) atoms. The van der Waals surface area contributed by atoms with Crippen LogP contribution >= 0.6 is 0 Å². The van der Waals surface area contributed by atoms with Crippen LogP contribution in [0.5, 0.6) is 0 Å². The number of methoxy groups -OCH3 is 1. The van der Waals surface area contributed by atoms with Gasteiger partial charge in [0.2, 0.25) is 0 Å². The first-order valence-electron chi connectivity index (χ1n) is 5.46. The van der Waals surface area contributed by atoms with Gasteiger partial charge in [0.05, 0.1) is 12.0 Å². The molecule has 4 heteroatoms. The van der Waals surface area contributed by atoms with Crippen LogP contribution in [-0.2, 0) is 9.53 Å². The number of aliphatic carboxylic acids is 1. The summed E-state index contributed by atoms with van der Waals surface area (Å²) in [5, 5.41) is 9.08. The number of nitrogens with zero attached hydrogens (tertiary/aromatic N) is 1. The van der Waals surface area contributed by atoms with Crippen molar-refractivity contribution in [2.45, 2.75) is 32.7 Å². The molecule has 1 unspecified atom stereocenters. The minimum absolute atomic E-state index is 0.383. The number of piperidine rings is 1. The van der Waals surface area contributed by atoms with Crippen molar-refractivity contribution in [2.75, 3.05) is 26.8 Å². The van der Waals surface area contributed by atoms with Crippen molar-refractivity contribution >= 4 is 5.97 Å². The Kier molecular flexibility index (Phi) is 4.11. The van der Waals surface area contributed by atoms with E-state index in [0.29, 0.717) is 12.6 Å². The van der Waals surface area contributed by atoms with Crippen LogP contribution in [0.2, 0.25) is 0 Å². The Morgan fingerprint density at radius 3 is 2.47 bits per heavy atom. The van der Waals surface area contributed by atoms with Crippen LogP contribution < -0.4 is 0 Å². The molecule has 1 aliphatic heterocycles. The fourth-order valence-electron chi connectivity index (χ4n) is 2.02. The number of carboxylic acids is 1. The van der Waals surface area contributed by atoms with E-state index in [0.717, 1.165) is 25.9 Å². The number of carbonyl (C=O) groups is 1. The van der Waals surface area contributed by atoms with Crippen LogP contribution in [0.25, 0.3) is 0 Å². The summed E-state index contributed by atoms with van der Waals surface area (Å²) in [6, 6.07) is 0.383. The summed E-state index contributed by atoms with van der Waals surface area (Å²) in [6.07, 6.45) is 1.47. The molecule has 1 heterocycles. The average Bonchev–Trinajstić information content (AvgIpc) is 2.19. The molecule has 0 aliphatic carbocycles. The normalized spacial score (nSPS) is 23.7. The van der Waals surface area contributed by atoms with Crippen LogP contribution in [-0.4, -0.2) is 48.8 Å². The molecule has 4 nitrogen and oxygen atoms in total. The van der Waals surface area contributed by atoms with Crippen LogP contribution in [0.3, 0.4) is 0 Å². The highest BCUT2D eigenvalue weighted by molar-refractivity contribution is 5.74. The van der Waals surface area contributed by atoms with Gasteiger partial charge in [-0.2, -0.15) is 0 Å². The summed E-state index contributed by atoms with van der Waals surface area (Å²) in [5.74, 6) is -0.665. The van der Waals surface area contributed by atoms with Gasteiger partial charge in [-0.1, -0.05) is 0 Å². The van der Waals surface area contributed by atoms with Gasteiger partial charge in [-0.05, 0) is 39.8 Å². The summed E-state index contributed by atoms with van der Waals surface area (Å²) in [4.78, 5) is 13.3. The predicted octanol–water partition coefficient (Wildman–Crippen LogP) is 1.21. The number of ether oxygens (including phenoxy) is 1. The Morgan fingerprint density at radius 1 is 1.53 bits per heavy atom. The van der Waals surface area contributed by atoms with Crippen molar-refractivity contribution in [3.63, 3.8) is 0 Å². The molecule has 1 saturated heterocycles. The highest BCUT2D eigenvalue weighted by atomic mass is 16.5. The lowest BCUT2D eigenvalue weighted by Crippen LogP contribution is -2.47. The van der Waals surface area contributed by atoms with Crippen molar-refractivity contribution in [3.05, 3.63) is 0 Å². The molecule has 1 aliphatic rings. The van der Waals surface area contributed by atoms with Crippen molar-refractivity contribution in [1.82, 2.24) is 4.90 Å². The van der Waals surface area contributed by atoms with E-state index in [2.05, 4.69) is 11.8 Å². The lowest BCUT2D eigenvalue weighted by Gasteiger charge is -2.39. The second-order valence-electron chi connectivity index (χ2n) is 4.71. The number of hydrogen-bond donors (Lipinski definition) is 1. The molecule has 0 aromatic rings.